The molecule has 0 aliphatic rings. The Kier molecular flexibility index (Phi) is 6.95. The lowest BCUT2D eigenvalue weighted by Crippen LogP contribution is -2.38. The Bertz CT molecular complexity index is 810. The Morgan fingerprint density at radius 1 is 1.19 bits per heavy atom. The standard InChI is InChI=1S/C21H31N3O2/c1-6-10-19(25)24(14-13-15(3)4)16(5)20-22-18-12-9-8-11-17(18)21(26)23(20)7-2/h8-9,11-12,15-16H,6-7,10,13-14H2,1-5H3. The van der Waals surface area contributed by atoms with Crippen molar-refractivity contribution in [2.24, 2.45) is 5.92 Å². The van der Waals surface area contributed by atoms with Crippen molar-refractivity contribution < 1.29 is 4.79 Å². The molecule has 0 N–H and O–H groups in total. The van der Waals surface area contributed by atoms with Crippen LogP contribution in [0.1, 0.15) is 65.7 Å². The first-order valence-corrected chi connectivity index (χ1v) is 9.69. The summed E-state index contributed by atoms with van der Waals surface area (Å²) in [6.07, 6.45) is 2.27. The first-order chi connectivity index (χ1) is 12.4. The Morgan fingerprint density at radius 3 is 2.50 bits per heavy atom. The van der Waals surface area contributed by atoms with Crippen LogP contribution < -0.4 is 5.56 Å². The van der Waals surface area contributed by atoms with E-state index in [1.807, 2.05) is 49.9 Å². The quantitative estimate of drug-likeness (QED) is 0.713. The molecule has 0 bridgehead atoms. The van der Waals surface area contributed by atoms with Gasteiger partial charge in [-0.05, 0) is 44.7 Å². The number of aromatic nitrogens is 2. The van der Waals surface area contributed by atoms with Gasteiger partial charge in [0.2, 0.25) is 5.91 Å². The Hall–Kier alpha value is -2.17. The van der Waals surface area contributed by atoms with E-state index in [0.717, 1.165) is 12.8 Å². The summed E-state index contributed by atoms with van der Waals surface area (Å²) < 4.78 is 1.70. The average Bonchev–Trinajstić information content (AvgIpc) is 2.61. The zero-order valence-electron chi connectivity index (χ0n) is 16.7. The number of hydrogen-bond acceptors (Lipinski definition) is 3. The fourth-order valence-electron chi connectivity index (χ4n) is 3.24. The maximum Gasteiger partial charge on any atom is 0.261 e. The number of hydrogen-bond donors (Lipinski definition) is 0. The van der Waals surface area contributed by atoms with Gasteiger partial charge in [0.25, 0.3) is 5.56 Å². The lowest BCUT2D eigenvalue weighted by atomic mass is 10.1. The molecular weight excluding hydrogens is 326 g/mol. The van der Waals surface area contributed by atoms with Crippen molar-refractivity contribution >= 4 is 16.8 Å². The zero-order chi connectivity index (χ0) is 19.3. The third kappa shape index (κ3) is 4.32. The molecule has 0 fully saturated rings. The molecule has 0 saturated heterocycles. The second-order valence-corrected chi connectivity index (χ2v) is 7.23. The number of amides is 1. The van der Waals surface area contributed by atoms with Crippen LogP contribution in [0, 0.1) is 5.92 Å². The van der Waals surface area contributed by atoms with Crippen LogP contribution in [-0.2, 0) is 11.3 Å². The molecule has 26 heavy (non-hydrogen) atoms. The first kappa shape index (κ1) is 20.1. The van der Waals surface area contributed by atoms with Crippen LogP contribution in [-0.4, -0.2) is 26.9 Å². The molecule has 0 aliphatic carbocycles. The van der Waals surface area contributed by atoms with Gasteiger partial charge in [0, 0.05) is 19.5 Å². The highest BCUT2D eigenvalue weighted by molar-refractivity contribution is 5.78. The second kappa shape index (κ2) is 8.97. The molecule has 5 heteroatoms. The number of benzene rings is 1. The van der Waals surface area contributed by atoms with Crippen molar-refractivity contribution in [3.63, 3.8) is 0 Å². The number of rotatable bonds is 8. The van der Waals surface area contributed by atoms with Crippen molar-refractivity contribution in [3.05, 3.63) is 40.4 Å². The Balaban J connectivity index is 2.51. The van der Waals surface area contributed by atoms with Crippen molar-refractivity contribution in [2.45, 2.75) is 66.5 Å². The van der Waals surface area contributed by atoms with E-state index < -0.39 is 0 Å². The van der Waals surface area contributed by atoms with Gasteiger partial charge >= 0.3 is 0 Å². The number of carbonyl (C=O) groups is 1. The summed E-state index contributed by atoms with van der Waals surface area (Å²) in [5, 5.41) is 0.624. The molecule has 1 aromatic heterocycles. The van der Waals surface area contributed by atoms with Crippen molar-refractivity contribution in [2.75, 3.05) is 6.54 Å². The van der Waals surface area contributed by atoms with E-state index in [-0.39, 0.29) is 17.5 Å². The van der Waals surface area contributed by atoms with Crippen molar-refractivity contribution in [3.8, 4) is 0 Å². The monoisotopic (exact) mass is 357 g/mol. The lowest BCUT2D eigenvalue weighted by molar-refractivity contribution is -0.133. The summed E-state index contributed by atoms with van der Waals surface area (Å²) in [5.74, 6) is 1.31. The van der Waals surface area contributed by atoms with Gasteiger partial charge in [-0.15, -0.1) is 0 Å². The van der Waals surface area contributed by atoms with Crippen molar-refractivity contribution in [1.29, 1.82) is 0 Å². The topological polar surface area (TPSA) is 55.2 Å². The fourth-order valence-corrected chi connectivity index (χ4v) is 3.24. The molecular formula is C21H31N3O2. The number of para-hydroxylation sites is 1. The van der Waals surface area contributed by atoms with E-state index in [2.05, 4.69) is 13.8 Å². The molecule has 2 rings (SSSR count). The SMILES string of the molecule is CCCC(=O)N(CCC(C)C)C(C)c1nc2ccccc2c(=O)n1CC. The Morgan fingerprint density at radius 2 is 1.88 bits per heavy atom. The van der Waals surface area contributed by atoms with Gasteiger partial charge in [-0.3, -0.25) is 14.2 Å². The molecule has 1 unspecified atom stereocenters. The third-order valence-corrected chi connectivity index (χ3v) is 4.78. The molecule has 0 radical (unpaired) electrons. The molecule has 0 spiro atoms. The number of nitrogens with zero attached hydrogens (tertiary/aromatic N) is 3. The van der Waals surface area contributed by atoms with E-state index in [4.69, 9.17) is 4.98 Å². The highest BCUT2D eigenvalue weighted by Crippen LogP contribution is 2.22. The predicted molar refractivity (Wildman–Crippen MR) is 106 cm³/mol. The normalized spacial score (nSPS) is 12.5. The van der Waals surface area contributed by atoms with E-state index in [1.165, 1.54) is 0 Å². The second-order valence-electron chi connectivity index (χ2n) is 7.23. The molecule has 142 valence electrons. The summed E-state index contributed by atoms with van der Waals surface area (Å²) in [4.78, 5) is 32.3. The highest BCUT2D eigenvalue weighted by atomic mass is 16.2. The minimum Gasteiger partial charge on any atom is -0.333 e. The molecule has 0 saturated carbocycles. The third-order valence-electron chi connectivity index (χ3n) is 4.78. The van der Waals surface area contributed by atoms with Gasteiger partial charge in [0.15, 0.2) is 0 Å². The zero-order valence-corrected chi connectivity index (χ0v) is 16.7. The van der Waals surface area contributed by atoms with Crippen molar-refractivity contribution in [1.82, 2.24) is 14.5 Å². The fraction of sp³-hybridized carbons (Fsp3) is 0.571. The van der Waals surface area contributed by atoms with E-state index in [9.17, 15) is 9.59 Å². The smallest absolute Gasteiger partial charge is 0.261 e. The average molecular weight is 357 g/mol. The van der Waals surface area contributed by atoms with Crippen LogP contribution in [0.25, 0.3) is 10.9 Å². The van der Waals surface area contributed by atoms with Crippen LogP contribution in [0.3, 0.4) is 0 Å². The van der Waals surface area contributed by atoms with Crippen LogP contribution in [0.15, 0.2) is 29.1 Å². The van der Waals surface area contributed by atoms with E-state index in [1.54, 1.807) is 4.57 Å². The minimum absolute atomic E-state index is 0.0355. The molecule has 2 aromatic rings. The van der Waals surface area contributed by atoms with Gasteiger partial charge in [-0.2, -0.15) is 0 Å². The maximum atomic E-state index is 12.9. The minimum atomic E-state index is -0.231. The molecule has 1 aromatic carbocycles. The van der Waals surface area contributed by atoms with Crippen LogP contribution >= 0.6 is 0 Å². The van der Waals surface area contributed by atoms with Crippen LogP contribution in [0.5, 0.6) is 0 Å². The summed E-state index contributed by atoms with van der Waals surface area (Å²) in [6.45, 7) is 11.5. The summed E-state index contributed by atoms with van der Waals surface area (Å²) in [7, 11) is 0. The van der Waals surface area contributed by atoms with Gasteiger partial charge in [0.05, 0.1) is 16.9 Å². The summed E-state index contributed by atoms with van der Waals surface area (Å²) >= 11 is 0. The van der Waals surface area contributed by atoms with Crippen LogP contribution in [0.2, 0.25) is 0 Å². The summed E-state index contributed by atoms with van der Waals surface area (Å²) in [5.41, 5.74) is 0.655. The molecule has 1 atom stereocenters. The van der Waals surface area contributed by atoms with E-state index >= 15 is 0 Å². The molecule has 0 aliphatic heterocycles. The van der Waals surface area contributed by atoms with Gasteiger partial charge in [-0.25, -0.2) is 4.98 Å². The highest BCUT2D eigenvalue weighted by Gasteiger charge is 2.25. The van der Waals surface area contributed by atoms with Gasteiger partial charge in [0.1, 0.15) is 5.82 Å². The van der Waals surface area contributed by atoms with E-state index in [0.29, 0.717) is 42.2 Å². The van der Waals surface area contributed by atoms with Gasteiger partial charge in [-0.1, -0.05) is 32.9 Å². The number of carbonyl (C=O) groups excluding carboxylic acids is 1. The first-order valence-electron chi connectivity index (χ1n) is 9.69. The summed E-state index contributed by atoms with van der Waals surface area (Å²) in [6, 6.07) is 7.18. The number of fused-ring (bicyclic) bond motifs is 1. The largest absolute Gasteiger partial charge is 0.333 e. The molecule has 1 heterocycles. The predicted octanol–water partition coefficient (Wildman–Crippen LogP) is 4.15. The van der Waals surface area contributed by atoms with Crippen LogP contribution in [0.4, 0.5) is 0 Å². The maximum absolute atomic E-state index is 12.9. The Labute approximate surface area is 156 Å². The lowest BCUT2D eigenvalue weighted by Gasteiger charge is -2.31. The molecule has 5 nitrogen and oxygen atoms in total. The molecule has 1 amide bonds. The van der Waals surface area contributed by atoms with Gasteiger partial charge < -0.3 is 4.90 Å².